The van der Waals surface area contributed by atoms with Crippen LogP contribution in [0.1, 0.15) is 11.4 Å². The normalized spacial score (nSPS) is 11.0. The van der Waals surface area contributed by atoms with Gasteiger partial charge in [0, 0.05) is 17.1 Å². The van der Waals surface area contributed by atoms with Crippen LogP contribution in [0.4, 0.5) is 4.39 Å². The van der Waals surface area contributed by atoms with Gasteiger partial charge in [-0.3, -0.25) is 4.40 Å². The molecule has 0 spiro atoms. The van der Waals surface area contributed by atoms with Crippen LogP contribution in [0.5, 0.6) is 0 Å². The number of fused-ring (bicyclic) bond motifs is 1. The molecule has 0 saturated carbocycles. The Morgan fingerprint density at radius 3 is 2.89 bits per heavy atom. The van der Waals surface area contributed by atoms with Gasteiger partial charge in [0.05, 0.1) is 0 Å². The Hall–Kier alpha value is -1.75. The van der Waals surface area contributed by atoms with E-state index in [0.29, 0.717) is 6.42 Å². The van der Waals surface area contributed by atoms with E-state index in [4.69, 9.17) is 0 Å². The summed E-state index contributed by atoms with van der Waals surface area (Å²) in [5.41, 5.74) is 1.66. The molecule has 3 nitrogen and oxygen atoms in total. The summed E-state index contributed by atoms with van der Waals surface area (Å²) in [4.78, 5) is 0. The van der Waals surface area contributed by atoms with E-state index in [1.807, 2.05) is 28.8 Å². The molecule has 5 heteroatoms. The molecule has 0 aliphatic rings. The molecule has 18 heavy (non-hydrogen) atoms. The smallest absolute Gasteiger partial charge is 0.160 e. The van der Waals surface area contributed by atoms with Crippen LogP contribution in [0.2, 0.25) is 0 Å². The first-order valence-electron chi connectivity index (χ1n) is 5.46. The minimum Gasteiger partial charge on any atom is -0.285 e. The predicted octanol–water partition coefficient (Wildman–Crippen LogP) is 3.22. The van der Waals surface area contributed by atoms with Crippen LogP contribution in [0.3, 0.4) is 0 Å². The monoisotopic (exact) mass is 305 g/mol. The maximum atomic E-state index is 13.1. The lowest BCUT2D eigenvalue weighted by Gasteiger charge is -2.01. The summed E-state index contributed by atoms with van der Waals surface area (Å²) in [6.45, 7) is 0. The fourth-order valence-corrected chi connectivity index (χ4v) is 2.20. The molecule has 3 rings (SSSR count). The van der Waals surface area contributed by atoms with E-state index in [1.54, 1.807) is 6.07 Å². The SMILES string of the molecule is Fc1cccc(Cc2nnc3ccc(Br)cn23)c1. The molecule has 90 valence electrons. The van der Waals surface area contributed by atoms with Crippen molar-refractivity contribution in [1.29, 1.82) is 0 Å². The summed E-state index contributed by atoms with van der Waals surface area (Å²) < 4.78 is 16.0. The zero-order chi connectivity index (χ0) is 12.5. The first-order chi connectivity index (χ1) is 8.72. The third-order valence-electron chi connectivity index (χ3n) is 2.69. The molecule has 0 atom stereocenters. The fourth-order valence-electron chi connectivity index (χ4n) is 1.86. The summed E-state index contributed by atoms with van der Waals surface area (Å²) in [6, 6.07) is 10.3. The van der Waals surface area contributed by atoms with Gasteiger partial charge in [0.2, 0.25) is 0 Å². The van der Waals surface area contributed by atoms with E-state index < -0.39 is 0 Å². The molecular formula is C13H9BrFN3. The Labute approximate surface area is 111 Å². The summed E-state index contributed by atoms with van der Waals surface area (Å²) >= 11 is 3.41. The van der Waals surface area contributed by atoms with Crippen LogP contribution >= 0.6 is 15.9 Å². The molecule has 2 aromatic heterocycles. The summed E-state index contributed by atoms with van der Waals surface area (Å²) in [5, 5.41) is 8.21. The van der Waals surface area contributed by atoms with Gasteiger partial charge in [-0.25, -0.2) is 4.39 Å². The maximum absolute atomic E-state index is 13.1. The highest BCUT2D eigenvalue weighted by molar-refractivity contribution is 9.10. The molecular weight excluding hydrogens is 297 g/mol. The standard InChI is InChI=1S/C13H9BrFN3/c14-10-4-5-12-16-17-13(18(12)8-10)7-9-2-1-3-11(15)6-9/h1-6,8H,7H2. The average molecular weight is 306 g/mol. The maximum Gasteiger partial charge on any atom is 0.160 e. The highest BCUT2D eigenvalue weighted by Crippen LogP contribution is 2.15. The second-order valence-electron chi connectivity index (χ2n) is 4.00. The summed E-state index contributed by atoms with van der Waals surface area (Å²) in [6.07, 6.45) is 2.46. The van der Waals surface area contributed by atoms with Crippen LogP contribution in [-0.4, -0.2) is 14.6 Å². The summed E-state index contributed by atoms with van der Waals surface area (Å²) in [7, 11) is 0. The largest absolute Gasteiger partial charge is 0.285 e. The Balaban J connectivity index is 2.02. The number of rotatable bonds is 2. The van der Waals surface area contributed by atoms with Crippen molar-refractivity contribution in [2.45, 2.75) is 6.42 Å². The molecule has 1 aromatic carbocycles. The number of benzene rings is 1. The molecule has 0 unspecified atom stereocenters. The third kappa shape index (κ3) is 2.13. The molecule has 0 radical (unpaired) electrons. The van der Waals surface area contributed by atoms with Gasteiger partial charge in [-0.05, 0) is 45.8 Å². The van der Waals surface area contributed by atoms with E-state index in [1.165, 1.54) is 12.1 Å². The summed E-state index contributed by atoms with van der Waals surface area (Å²) in [5.74, 6) is 0.555. The van der Waals surface area contributed by atoms with Crippen LogP contribution < -0.4 is 0 Å². The van der Waals surface area contributed by atoms with E-state index in [0.717, 1.165) is 21.5 Å². The second-order valence-corrected chi connectivity index (χ2v) is 4.91. The van der Waals surface area contributed by atoms with Gasteiger partial charge in [-0.1, -0.05) is 12.1 Å². The molecule has 0 fully saturated rings. The van der Waals surface area contributed by atoms with Crippen molar-refractivity contribution in [2.75, 3.05) is 0 Å². The van der Waals surface area contributed by atoms with Gasteiger partial charge < -0.3 is 0 Å². The first kappa shape index (κ1) is 11.3. The van der Waals surface area contributed by atoms with E-state index in [9.17, 15) is 4.39 Å². The molecule has 0 saturated heterocycles. The lowest BCUT2D eigenvalue weighted by Crippen LogP contribution is -1.96. The van der Waals surface area contributed by atoms with Crippen LogP contribution in [-0.2, 0) is 6.42 Å². The Morgan fingerprint density at radius 1 is 1.17 bits per heavy atom. The molecule has 0 amide bonds. The van der Waals surface area contributed by atoms with Gasteiger partial charge in [0.1, 0.15) is 11.6 Å². The third-order valence-corrected chi connectivity index (χ3v) is 3.16. The van der Waals surface area contributed by atoms with Crippen molar-refractivity contribution < 1.29 is 4.39 Å². The Bertz CT molecular complexity index is 708. The molecule has 0 N–H and O–H groups in total. The van der Waals surface area contributed by atoms with E-state index in [-0.39, 0.29) is 5.82 Å². The van der Waals surface area contributed by atoms with Crippen molar-refractivity contribution in [3.63, 3.8) is 0 Å². The van der Waals surface area contributed by atoms with Crippen molar-refractivity contribution in [3.05, 3.63) is 64.3 Å². The molecule has 0 bridgehead atoms. The van der Waals surface area contributed by atoms with Gasteiger partial charge in [-0.2, -0.15) is 0 Å². The fraction of sp³-hybridized carbons (Fsp3) is 0.0769. The number of halogens is 2. The quantitative estimate of drug-likeness (QED) is 0.727. The zero-order valence-electron chi connectivity index (χ0n) is 9.35. The molecule has 2 heterocycles. The topological polar surface area (TPSA) is 30.2 Å². The van der Waals surface area contributed by atoms with Crippen molar-refractivity contribution in [3.8, 4) is 0 Å². The van der Waals surface area contributed by atoms with E-state index in [2.05, 4.69) is 26.1 Å². The molecule has 0 aliphatic heterocycles. The Kier molecular flexibility index (Phi) is 2.83. The van der Waals surface area contributed by atoms with Gasteiger partial charge in [0.25, 0.3) is 0 Å². The van der Waals surface area contributed by atoms with Gasteiger partial charge in [-0.15, -0.1) is 10.2 Å². The molecule has 0 aliphatic carbocycles. The van der Waals surface area contributed by atoms with Crippen LogP contribution in [0.25, 0.3) is 5.65 Å². The van der Waals surface area contributed by atoms with E-state index >= 15 is 0 Å². The van der Waals surface area contributed by atoms with Gasteiger partial charge >= 0.3 is 0 Å². The van der Waals surface area contributed by atoms with Crippen molar-refractivity contribution in [2.24, 2.45) is 0 Å². The average Bonchev–Trinajstić information content (AvgIpc) is 2.72. The number of hydrogen-bond donors (Lipinski definition) is 0. The number of aromatic nitrogens is 3. The predicted molar refractivity (Wildman–Crippen MR) is 69.9 cm³/mol. The van der Waals surface area contributed by atoms with Crippen LogP contribution in [0.15, 0.2) is 47.1 Å². The Morgan fingerprint density at radius 2 is 2.06 bits per heavy atom. The first-order valence-corrected chi connectivity index (χ1v) is 6.25. The van der Waals surface area contributed by atoms with Crippen molar-refractivity contribution >= 4 is 21.6 Å². The van der Waals surface area contributed by atoms with Crippen LogP contribution in [0, 0.1) is 5.82 Å². The minimum absolute atomic E-state index is 0.234. The minimum atomic E-state index is -0.234. The molecule has 3 aromatic rings. The second kappa shape index (κ2) is 4.49. The lowest BCUT2D eigenvalue weighted by molar-refractivity contribution is 0.625. The number of pyridine rings is 1. The highest BCUT2D eigenvalue weighted by Gasteiger charge is 2.07. The lowest BCUT2D eigenvalue weighted by atomic mass is 10.1. The number of nitrogens with zero attached hydrogens (tertiary/aromatic N) is 3. The zero-order valence-corrected chi connectivity index (χ0v) is 10.9. The van der Waals surface area contributed by atoms with Gasteiger partial charge in [0.15, 0.2) is 5.65 Å². The number of hydrogen-bond acceptors (Lipinski definition) is 2. The van der Waals surface area contributed by atoms with Crippen molar-refractivity contribution in [1.82, 2.24) is 14.6 Å². The highest BCUT2D eigenvalue weighted by atomic mass is 79.9.